The Morgan fingerprint density at radius 1 is 1.15 bits per heavy atom. The number of anilines is 2. The van der Waals surface area contributed by atoms with Crippen molar-refractivity contribution in [2.45, 2.75) is 6.54 Å². The number of hydrogen-bond acceptors (Lipinski definition) is 9. The van der Waals surface area contributed by atoms with Crippen LogP contribution in [0.1, 0.15) is 0 Å². The van der Waals surface area contributed by atoms with Crippen molar-refractivity contribution in [1.29, 1.82) is 0 Å². The van der Waals surface area contributed by atoms with Gasteiger partial charge in [0.1, 0.15) is 22.8 Å². The Hall–Kier alpha value is -4.85. The Morgan fingerprint density at radius 3 is 2.65 bits per heavy atom. The molecule has 0 radical (unpaired) electrons. The first-order valence-electron chi connectivity index (χ1n) is 12.8. The van der Waals surface area contributed by atoms with Crippen molar-refractivity contribution in [2.75, 3.05) is 50.0 Å². The molecule has 40 heavy (non-hydrogen) atoms. The zero-order valence-electron chi connectivity index (χ0n) is 21.8. The highest BCUT2D eigenvalue weighted by molar-refractivity contribution is 5.91. The summed E-state index contributed by atoms with van der Waals surface area (Å²) in [6, 6.07) is 9.93. The number of amides is 1. The lowest BCUT2D eigenvalue weighted by Gasteiger charge is -2.36. The van der Waals surface area contributed by atoms with Crippen molar-refractivity contribution < 1.29 is 18.3 Å². The van der Waals surface area contributed by atoms with Crippen molar-refractivity contribution in [3.63, 3.8) is 0 Å². The fraction of sp³-hybridized carbons (Fsp3) is 0.308. The summed E-state index contributed by atoms with van der Waals surface area (Å²) in [7, 11) is 1.70. The number of ether oxygens (including phenoxy) is 1. The van der Waals surface area contributed by atoms with Crippen LogP contribution in [0.5, 0.6) is 5.75 Å². The number of nitrogen functional groups attached to an aromatic ring is 1. The van der Waals surface area contributed by atoms with E-state index in [1.54, 1.807) is 46.7 Å². The number of hydrogen-bond donors (Lipinski definition) is 2. The topological polar surface area (TPSA) is 155 Å². The molecule has 1 aromatic carbocycles. The number of nitrogens with zero attached hydrogens (tertiary/aromatic N) is 7. The quantitative estimate of drug-likeness (QED) is 0.289. The van der Waals surface area contributed by atoms with Crippen LogP contribution >= 0.6 is 0 Å². The third-order valence-corrected chi connectivity index (χ3v) is 7.14. The number of carbonyl (C=O) groups is 1. The zero-order chi connectivity index (χ0) is 28.0. The molecular formula is C26H28FN9O4. The van der Waals surface area contributed by atoms with Crippen LogP contribution in [0.3, 0.4) is 0 Å². The van der Waals surface area contributed by atoms with Crippen LogP contribution in [0.15, 0.2) is 51.9 Å². The molecule has 0 aliphatic carbocycles. The number of fused-ring (bicyclic) bond motifs is 3. The molecule has 0 bridgehead atoms. The third-order valence-electron chi connectivity index (χ3n) is 7.14. The van der Waals surface area contributed by atoms with E-state index in [0.29, 0.717) is 73.1 Å². The second-order valence-corrected chi connectivity index (χ2v) is 9.64. The lowest BCUT2D eigenvalue weighted by atomic mass is 10.2. The first-order chi connectivity index (χ1) is 19.3. The van der Waals surface area contributed by atoms with E-state index < -0.39 is 11.7 Å². The molecule has 0 atom stereocenters. The molecule has 208 valence electrons. The molecule has 0 saturated carbocycles. The number of piperazine rings is 1. The third kappa shape index (κ3) is 4.51. The molecule has 1 aliphatic heterocycles. The molecule has 1 aliphatic rings. The van der Waals surface area contributed by atoms with Crippen LogP contribution in [-0.4, -0.2) is 73.9 Å². The molecule has 1 saturated heterocycles. The van der Waals surface area contributed by atoms with Gasteiger partial charge >= 0.3 is 5.69 Å². The summed E-state index contributed by atoms with van der Waals surface area (Å²) in [5, 5.41) is 4.51. The van der Waals surface area contributed by atoms with Crippen molar-refractivity contribution in [3.8, 4) is 17.2 Å². The standard InChI is InChI=1S/C26H28FN9O4/c1-32-23-20-14-18(21-3-2-12-39-21)31-36(20)25(29)30-24(23)35(26(32)38)11-8-33-6-9-34(10-7-33)19-5-4-16(13-17(19)27)40-15-22(28)37/h2-5,12-14H,6-11,15H2,1H3,(H2,28,37)(H2,29,30). The van der Waals surface area contributed by atoms with Gasteiger partial charge in [0.25, 0.3) is 5.91 Å². The van der Waals surface area contributed by atoms with Gasteiger partial charge in [-0.3, -0.25) is 18.8 Å². The molecule has 14 heteroatoms. The maximum atomic E-state index is 14.7. The number of halogens is 1. The number of rotatable bonds is 8. The minimum absolute atomic E-state index is 0.168. The van der Waals surface area contributed by atoms with Gasteiger partial charge in [-0.1, -0.05) is 0 Å². The number of furan rings is 1. The number of imidazole rings is 1. The highest BCUT2D eigenvalue weighted by Crippen LogP contribution is 2.27. The SMILES string of the molecule is Cn1c(=O)n(CCN2CCN(c3ccc(OCC(N)=O)cc3F)CC2)c2nc(N)n3nc(-c4ccco4)cc3c21. The van der Waals surface area contributed by atoms with E-state index in [1.807, 2.05) is 11.0 Å². The number of benzene rings is 1. The highest BCUT2D eigenvalue weighted by atomic mass is 19.1. The molecule has 13 nitrogen and oxygen atoms in total. The summed E-state index contributed by atoms with van der Waals surface area (Å²) in [6.45, 7) is 3.32. The van der Waals surface area contributed by atoms with Crippen molar-refractivity contribution in [1.82, 2.24) is 28.6 Å². The molecule has 1 amide bonds. The summed E-state index contributed by atoms with van der Waals surface area (Å²) < 4.78 is 30.1. The number of nitrogens with two attached hydrogens (primary N) is 2. The molecule has 4 N–H and O–H groups in total. The van der Waals surface area contributed by atoms with E-state index in [2.05, 4.69) is 15.0 Å². The van der Waals surface area contributed by atoms with E-state index in [1.165, 1.54) is 10.6 Å². The van der Waals surface area contributed by atoms with Gasteiger partial charge in [0.2, 0.25) is 5.95 Å². The Morgan fingerprint density at radius 2 is 1.95 bits per heavy atom. The minimum Gasteiger partial charge on any atom is -0.484 e. The largest absolute Gasteiger partial charge is 0.484 e. The van der Waals surface area contributed by atoms with Gasteiger partial charge in [0.15, 0.2) is 18.0 Å². The van der Waals surface area contributed by atoms with Gasteiger partial charge in [-0.2, -0.15) is 14.6 Å². The number of aryl methyl sites for hydroxylation is 1. The summed E-state index contributed by atoms with van der Waals surface area (Å²) in [5.41, 5.74) is 14.0. The smallest absolute Gasteiger partial charge is 0.330 e. The van der Waals surface area contributed by atoms with E-state index in [-0.39, 0.29) is 24.0 Å². The Bertz CT molecular complexity index is 1760. The summed E-state index contributed by atoms with van der Waals surface area (Å²) in [4.78, 5) is 32.8. The average Bonchev–Trinajstić information content (AvgIpc) is 3.67. The second-order valence-electron chi connectivity index (χ2n) is 9.64. The maximum absolute atomic E-state index is 14.7. The van der Waals surface area contributed by atoms with Gasteiger partial charge in [-0.15, -0.1) is 0 Å². The number of primary amides is 1. The van der Waals surface area contributed by atoms with Crippen LogP contribution in [0.4, 0.5) is 16.0 Å². The molecular weight excluding hydrogens is 521 g/mol. The van der Waals surface area contributed by atoms with Crippen LogP contribution in [0, 0.1) is 5.82 Å². The number of carbonyl (C=O) groups excluding carboxylic acids is 1. The van der Waals surface area contributed by atoms with Crippen LogP contribution in [0.25, 0.3) is 28.1 Å². The van der Waals surface area contributed by atoms with E-state index >= 15 is 0 Å². The predicted octanol–water partition coefficient (Wildman–Crippen LogP) is 1.05. The van der Waals surface area contributed by atoms with Gasteiger partial charge in [-0.05, 0) is 30.3 Å². The maximum Gasteiger partial charge on any atom is 0.330 e. The van der Waals surface area contributed by atoms with Crippen molar-refractivity contribution >= 4 is 34.2 Å². The second kappa shape index (κ2) is 10.0. The zero-order valence-corrected chi connectivity index (χ0v) is 21.8. The van der Waals surface area contributed by atoms with Gasteiger partial charge in [0, 0.05) is 52.4 Å². The Kier molecular flexibility index (Phi) is 6.38. The molecule has 5 aromatic rings. The number of aromatic nitrogens is 5. The van der Waals surface area contributed by atoms with Crippen LogP contribution in [-0.2, 0) is 18.4 Å². The molecule has 4 aromatic heterocycles. The summed E-state index contributed by atoms with van der Waals surface area (Å²) >= 11 is 0. The fourth-order valence-corrected chi connectivity index (χ4v) is 5.11. The lowest BCUT2D eigenvalue weighted by molar-refractivity contribution is -0.119. The van der Waals surface area contributed by atoms with E-state index in [4.69, 9.17) is 20.6 Å². The molecule has 0 unspecified atom stereocenters. The summed E-state index contributed by atoms with van der Waals surface area (Å²) in [6.07, 6.45) is 1.57. The normalized spacial score (nSPS) is 14.4. The Labute approximate surface area is 226 Å². The van der Waals surface area contributed by atoms with Crippen molar-refractivity contribution in [2.24, 2.45) is 12.8 Å². The molecule has 6 rings (SSSR count). The lowest BCUT2D eigenvalue weighted by Crippen LogP contribution is -2.47. The van der Waals surface area contributed by atoms with E-state index in [9.17, 15) is 14.0 Å². The molecule has 0 spiro atoms. The predicted molar refractivity (Wildman–Crippen MR) is 146 cm³/mol. The van der Waals surface area contributed by atoms with Crippen LogP contribution < -0.4 is 26.8 Å². The van der Waals surface area contributed by atoms with Crippen LogP contribution in [0.2, 0.25) is 0 Å². The minimum atomic E-state index is -0.625. The first-order valence-corrected chi connectivity index (χ1v) is 12.8. The van der Waals surface area contributed by atoms with Gasteiger partial charge in [-0.25, -0.2) is 9.18 Å². The highest BCUT2D eigenvalue weighted by Gasteiger charge is 2.23. The monoisotopic (exact) mass is 549 g/mol. The first kappa shape index (κ1) is 25.4. The Balaban J connectivity index is 1.16. The van der Waals surface area contributed by atoms with E-state index in [0.717, 1.165) is 0 Å². The molecule has 5 heterocycles. The van der Waals surface area contributed by atoms with Gasteiger partial charge < -0.3 is 25.5 Å². The average molecular weight is 550 g/mol. The fourth-order valence-electron chi connectivity index (χ4n) is 5.11. The molecule has 1 fully saturated rings. The summed E-state index contributed by atoms with van der Waals surface area (Å²) in [5.74, 6) is -0.0463. The van der Waals surface area contributed by atoms with Gasteiger partial charge in [0.05, 0.1) is 17.5 Å². The van der Waals surface area contributed by atoms with Crippen molar-refractivity contribution in [3.05, 3.63) is 59.0 Å².